The maximum Gasteiger partial charge on any atom is 0.323 e. The highest BCUT2D eigenvalue weighted by molar-refractivity contribution is 6.04. The number of carbonyl (C=O) groups is 2. The summed E-state index contributed by atoms with van der Waals surface area (Å²) >= 11 is 0. The van der Waals surface area contributed by atoms with Crippen LogP contribution in [0, 0.1) is 35.0 Å². The molecule has 5 atom stereocenters. The maximum absolute atomic E-state index is 14.3. The minimum atomic E-state index is -2.37. The number of benzene rings is 3. The lowest BCUT2D eigenvalue weighted by Gasteiger charge is -2.43. The molecule has 1 amide bonds. The van der Waals surface area contributed by atoms with Gasteiger partial charge in [0.05, 0.1) is 18.8 Å². The summed E-state index contributed by atoms with van der Waals surface area (Å²) in [6, 6.07) is 12.7. The highest BCUT2D eigenvalue weighted by atomic mass is 19.2. The van der Waals surface area contributed by atoms with E-state index in [1.165, 1.54) is 18.2 Å². The van der Waals surface area contributed by atoms with Crippen molar-refractivity contribution in [1.82, 2.24) is 4.90 Å². The predicted molar refractivity (Wildman–Crippen MR) is 164 cm³/mol. The van der Waals surface area contributed by atoms with Gasteiger partial charge in [0.2, 0.25) is 5.82 Å². The third-order valence-corrected chi connectivity index (χ3v) is 8.43. The van der Waals surface area contributed by atoms with Crippen molar-refractivity contribution in [3.8, 4) is 0 Å². The van der Waals surface area contributed by atoms with Gasteiger partial charge in [-0.2, -0.15) is 0 Å². The van der Waals surface area contributed by atoms with Crippen molar-refractivity contribution in [1.29, 1.82) is 0 Å². The highest BCUT2D eigenvalue weighted by Crippen LogP contribution is 2.43. The molecule has 2 fully saturated rings. The Labute approximate surface area is 274 Å². The number of carbonyl (C=O) groups excluding carboxylic acids is 2. The zero-order valence-electron chi connectivity index (χ0n) is 26.9. The first-order chi connectivity index (χ1) is 22.7. The molecule has 8 nitrogen and oxygen atoms in total. The van der Waals surface area contributed by atoms with Crippen LogP contribution in [0.2, 0.25) is 0 Å². The van der Waals surface area contributed by atoms with Gasteiger partial charge in [-0.15, -0.1) is 0 Å². The quantitative estimate of drug-likeness (QED) is 0.118. The van der Waals surface area contributed by atoms with Crippen molar-refractivity contribution in [3.05, 3.63) is 99.9 Å². The molecule has 2 aliphatic heterocycles. The Kier molecular flexibility index (Phi) is 10.5. The molecule has 2 aliphatic rings. The number of esters is 1. The van der Waals surface area contributed by atoms with E-state index in [0.717, 1.165) is 12.0 Å². The molecule has 0 aromatic heterocycles. The van der Waals surface area contributed by atoms with Crippen LogP contribution in [0.25, 0.3) is 0 Å². The number of nitrogens with zero attached hydrogens (tertiary/aromatic N) is 1. The van der Waals surface area contributed by atoms with E-state index in [-0.39, 0.29) is 24.2 Å². The Hall–Kier alpha value is -3.91. The number of ether oxygens (including phenoxy) is 3. The van der Waals surface area contributed by atoms with Gasteiger partial charge in [0, 0.05) is 23.7 Å². The minimum Gasteiger partial charge on any atom is -0.459 e. The normalized spacial score (nSPS) is 23.2. The van der Waals surface area contributed by atoms with E-state index in [0.29, 0.717) is 30.6 Å². The standard InChI is InChI=1S/C35H37F5N2O6/c1-18-24(16-42-14-6-9-23(42)33(45)48-35(2,3)4)46-34(47-31(18)20-12-10-19(17-43)11-13-20)21-7-5-8-22(15-21)41-32(44)25-26(36)28(38)30(40)29(39)27(25)37/h5,7-8,10-13,15,18,23-24,31,34,43H,6,9,14,16-17H2,1-4H3,(H,41,44)/t18-,23+,24+,31+,34+/m1/s1. The molecule has 0 radical (unpaired) electrons. The summed E-state index contributed by atoms with van der Waals surface area (Å²) in [7, 11) is 0. The molecule has 0 unspecified atom stereocenters. The van der Waals surface area contributed by atoms with Crippen molar-refractivity contribution in [3.63, 3.8) is 0 Å². The molecular formula is C35H37F5N2O6. The first-order valence-corrected chi connectivity index (χ1v) is 15.6. The summed E-state index contributed by atoms with van der Waals surface area (Å²) in [5, 5.41) is 11.7. The van der Waals surface area contributed by atoms with Gasteiger partial charge < -0.3 is 24.6 Å². The topological polar surface area (TPSA) is 97.3 Å². The van der Waals surface area contributed by atoms with Crippen LogP contribution in [0.15, 0.2) is 48.5 Å². The zero-order chi connectivity index (χ0) is 34.9. The van der Waals surface area contributed by atoms with Gasteiger partial charge in [-0.25, -0.2) is 22.0 Å². The molecule has 13 heteroatoms. The van der Waals surface area contributed by atoms with E-state index in [1.54, 1.807) is 18.2 Å². The average molecular weight is 677 g/mol. The molecule has 0 spiro atoms. The van der Waals surface area contributed by atoms with Crippen molar-refractivity contribution >= 4 is 17.6 Å². The van der Waals surface area contributed by atoms with Gasteiger partial charge in [0.25, 0.3) is 5.91 Å². The van der Waals surface area contributed by atoms with Gasteiger partial charge in [-0.1, -0.05) is 43.3 Å². The Morgan fingerprint density at radius 3 is 2.21 bits per heavy atom. The molecule has 5 rings (SSSR count). The van der Waals surface area contributed by atoms with Crippen molar-refractivity contribution in [2.75, 3.05) is 18.4 Å². The zero-order valence-corrected chi connectivity index (χ0v) is 26.9. The summed E-state index contributed by atoms with van der Waals surface area (Å²) in [6.45, 7) is 8.27. The summed E-state index contributed by atoms with van der Waals surface area (Å²) in [6.07, 6.45) is -0.590. The second-order valence-electron chi connectivity index (χ2n) is 13.0. The molecule has 258 valence electrons. The largest absolute Gasteiger partial charge is 0.459 e. The van der Waals surface area contributed by atoms with Crippen LogP contribution in [0.3, 0.4) is 0 Å². The Balaban J connectivity index is 1.42. The first kappa shape index (κ1) is 35.4. The fraction of sp³-hybridized carbons (Fsp3) is 0.429. The molecule has 3 aromatic rings. The van der Waals surface area contributed by atoms with Crippen molar-refractivity contribution < 1.29 is 50.9 Å². The van der Waals surface area contributed by atoms with E-state index in [1.807, 2.05) is 44.7 Å². The number of nitrogens with one attached hydrogen (secondary N) is 1. The van der Waals surface area contributed by atoms with Crippen LogP contribution in [0.4, 0.5) is 27.6 Å². The van der Waals surface area contributed by atoms with Gasteiger partial charge in [0.1, 0.15) is 17.2 Å². The van der Waals surface area contributed by atoms with Gasteiger partial charge >= 0.3 is 5.97 Å². The lowest BCUT2D eigenvalue weighted by Crippen LogP contribution is -2.48. The van der Waals surface area contributed by atoms with Crippen molar-refractivity contribution in [2.24, 2.45) is 5.92 Å². The lowest BCUT2D eigenvalue weighted by atomic mass is 9.90. The second-order valence-corrected chi connectivity index (χ2v) is 13.0. The van der Waals surface area contributed by atoms with Crippen LogP contribution in [-0.2, 0) is 25.6 Å². The average Bonchev–Trinajstić information content (AvgIpc) is 3.52. The Morgan fingerprint density at radius 2 is 1.58 bits per heavy atom. The number of hydrogen-bond acceptors (Lipinski definition) is 7. The summed E-state index contributed by atoms with van der Waals surface area (Å²) in [4.78, 5) is 27.8. The fourth-order valence-electron chi connectivity index (χ4n) is 6.00. The number of rotatable bonds is 8. The highest BCUT2D eigenvalue weighted by Gasteiger charge is 2.42. The monoisotopic (exact) mass is 676 g/mol. The molecule has 2 saturated heterocycles. The van der Waals surface area contributed by atoms with Crippen LogP contribution in [-0.4, -0.2) is 52.7 Å². The number of aliphatic hydroxyl groups is 1. The summed E-state index contributed by atoms with van der Waals surface area (Å²) in [5.41, 5.74) is -0.379. The SMILES string of the molecule is C[C@@H]1[C@H](CN2CCC[C@H]2C(=O)OC(C)(C)C)O[C@H](c2cccc(NC(=O)c3c(F)c(F)c(F)c(F)c3F)c2)O[C@@H]1c1ccc(CO)cc1. The number of hydrogen-bond donors (Lipinski definition) is 2. The van der Waals surface area contributed by atoms with E-state index >= 15 is 0 Å². The van der Waals surface area contributed by atoms with Crippen LogP contribution in [0.1, 0.15) is 80.0 Å². The van der Waals surface area contributed by atoms with Gasteiger partial charge in [-0.05, 0) is 63.4 Å². The number of anilines is 1. The molecule has 3 aromatic carbocycles. The second kappa shape index (κ2) is 14.3. The number of likely N-dealkylation sites (tertiary alicyclic amines) is 1. The first-order valence-electron chi connectivity index (χ1n) is 15.6. The Morgan fingerprint density at radius 1 is 0.938 bits per heavy atom. The van der Waals surface area contributed by atoms with E-state index < -0.39 is 70.7 Å². The molecule has 0 aliphatic carbocycles. The third kappa shape index (κ3) is 7.54. The van der Waals surface area contributed by atoms with Crippen LogP contribution in [0.5, 0.6) is 0 Å². The molecular weight excluding hydrogens is 639 g/mol. The number of halogens is 5. The summed E-state index contributed by atoms with van der Waals surface area (Å²) in [5.74, 6) is -13.4. The van der Waals surface area contributed by atoms with Gasteiger partial charge in [0.15, 0.2) is 29.6 Å². The Bertz CT molecular complexity index is 1640. The summed E-state index contributed by atoms with van der Waals surface area (Å²) < 4.78 is 88.3. The van der Waals surface area contributed by atoms with Crippen LogP contribution < -0.4 is 5.32 Å². The van der Waals surface area contributed by atoms with Crippen molar-refractivity contribution in [2.45, 2.75) is 77.3 Å². The minimum absolute atomic E-state index is 0.0165. The number of aliphatic hydroxyl groups excluding tert-OH is 1. The third-order valence-electron chi connectivity index (χ3n) is 8.43. The molecule has 2 N–H and O–H groups in total. The van der Waals surface area contributed by atoms with E-state index in [9.17, 15) is 36.6 Å². The van der Waals surface area contributed by atoms with E-state index in [4.69, 9.17) is 14.2 Å². The molecule has 48 heavy (non-hydrogen) atoms. The smallest absolute Gasteiger partial charge is 0.323 e. The predicted octanol–water partition coefficient (Wildman–Crippen LogP) is 6.72. The maximum atomic E-state index is 14.3. The number of amides is 1. The van der Waals surface area contributed by atoms with Crippen LogP contribution >= 0.6 is 0 Å². The molecule has 0 bridgehead atoms. The van der Waals surface area contributed by atoms with Gasteiger partial charge in [-0.3, -0.25) is 14.5 Å². The lowest BCUT2D eigenvalue weighted by molar-refractivity contribution is -0.276. The van der Waals surface area contributed by atoms with E-state index in [2.05, 4.69) is 5.32 Å². The molecule has 0 saturated carbocycles. The molecule has 2 heterocycles. The fourth-order valence-corrected chi connectivity index (χ4v) is 6.00.